The van der Waals surface area contributed by atoms with Gasteiger partial charge in [0.25, 0.3) is 0 Å². The van der Waals surface area contributed by atoms with Crippen molar-refractivity contribution in [2.75, 3.05) is 7.11 Å². The third kappa shape index (κ3) is 3.34. The topological polar surface area (TPSA) is 83.0 Å². The van der Waals surface area contributed by atoms with E-state index in [1.807, 2.05) is 0 Å². The minimum Gasteiger partial charge on any atom is -0.503 e. The van der Waals surface area contributed by atoms with Crippen LogP contribution < -0.4 is 15.5 Å². The molecule has 26 heavy (non-hydrogen) atoms. The number of halogens is 1. The quantitative estimate of drug-likeness (QED) is 0.553. The van der Waals surface area contributed by atoms with Gasteiger partial charge in [0.2, 0.25) is 0 Å². The lowest BCUT2D eigenvalue weighted by atomic mass is 9.53. The summed E-state index contributed by atoms with van der Waals surface area (Å²) in [7, 11) is 1.45. The van der Waals surface area contributed by atoms with Crippen molar-refractivity contribution in [2.45, 2.75) is 44.1 Å². The normalized spacial score (nSPS) is 32.0. The van der Waals surface area contributed by atoms with E-state index in [9.17, 15) is 9.90 Å². The molecule has 3 N–H and O–H groups in total. The van der Waals surface area contributed by atoms with Crippen molar-refractivity contribution in [1.82, 2.24) is 10.7 Å². The van der Waals surface area contributed by atoms with Crippen LogP contribution in [0.5, 0.6) is 11.5 Å². The molecule has 4 aliphatic carbocycles. The fourth-order valence-corrected chi connectivity index (χ4v) is 5.74. The molecule has 0 atom stereocenters. The fourth-order valence-electron chi connectivity index (χ4n) is 5.52. The van der Waals surface area contributed by atoms with Crippen molar-refractivity contribution in [1.29, 1.82) is 0 Å². The van der Waals surface area contributed by atoms with E-state index in [2.05, 4.69) is 15.8 Å². The molecule has 6 nitrogen and oxygen atoms in total. The average molecular weight is 378 g/mol. The predicted molar refractivity (Wildman–Crippen MR) is 99.8 cm³/mol. The molecule has 0 unspecified atom stereocenters. The van der Waals surface area contributed by atoms with Gasteiger partial charge in [-0.25, -0.2) is 10.2 Å². The molecule has 0 spiro atoms. The second-order valence-electron chi connectivity index (χ2n) is 8.08. The maximum absolute atomic E-state index is 12.3. The highest BCUT2D eigenvalue weighted by Gasteiger charge is 2.51. The van der Waals surface area contributed by atoms with Gasteiger partial charge in [0.15, 0.2) is 11.5 Å². The van der Waals surface area contributed by atoms with E-state index in [4.69, 9.17) is 16.3 Å². The van der Waals surface area contributed by atoms with Crippen molar-refractivity contribution in [3.8, 4) is 11.5 Å². The van der Waals surface area contributed by atoms with E-state index in [1.54, 1.807) is 12.1 Å². The standard InChI is InChI=1S/C19H24ClN3O3/c1-26-16-6-14(5-15(20)17(16)24)10-21-23-18(25)22-19-7-11-2-12(8-19)4-13(3-11)9-19/h5-6,10-13,24H,2-4,7-9H2,1H3,(H2,22,23,25). The summed E-state index contributed by atoms with van der Waals surface area (Å²) in [5.74, 6) is 2.47. The first-order valence-corrected chi connectivity index (χ1v) is 9.52. The Hall–Kier alpha value is -1.95. The van der Waals surface area contributed by atoms with E-state index in [0.717, 1.165) is 37.0 Å². The number of carbonyl (C=O) groups is 1. The number of amides is 2. The number of ether oxygens (including phenoxy) is 1. The lowest BCUT2D eigenvalue weighted by Gasteiger charge is -2.56. The van der Waals surface area contributed by atoms with Crippen molar-refractivity contribution in [3.63, 3.8) is 0 Å². The van der Waals surface area contributed by atoms with Gasteiger partial charge in [-0.05, 0) is 74.0 Å². The number of phenolic OH excluding ortho intramolecular Hbond substituents is 1. The first kappa shape index (κ1) is 17.5. The van der Waals surface area contributed by atoms with Crippen molar-refractivity contribution < 1.29 is 14.6 Å². The molecule has 0 saturated heterocycles. The molecule has 5 rings (SSSR count). The van der Waals surface area contributed by atoms with E-state index < -0.39 is 0 Å². The van der Waals surface area contributed by atoms with Crippen LogP contribution in [0.1, 0.15) is 44.1 Å². The number of nitrogens with zero attached hydrogens (tertiary/aromatic N) is 1. The molecular weight excluding hydrogens is 354 g/mol. The van der Waals surface area contributed by atoms with Crippen LogP contribution in [-0.4, -0.2) is 30.0 Å². The second kappa shape index (κ2) is 6.65. The number of benzene rings is 1. The van der Waals surface area contributed by atoms with Gasteiger partial charge in [-0.2, -0.15) is 5.10 Å². The van der Waals surface area contributed by atoms with Crippen LogP contribution in [0.4, 0.5) is 4.79 Å². The van der Waals surface area contributed by atoms with E-state index >= 15 is 0 Å². The number of aromatic hydroxyl groups is 1. The van der Waals surface area contributed by atoms with Crippen LogP contribution in [0.25, 0.3) is 0 Å². The summed E-state index contributed by atoms with van der Waals surface area (Å²) in [5.41, 5.74) is 3.13. The van der Waals surface area contributed by atoms with Gasteiger partial charge < -0.3 is 15.2 Å². The molecule has 4 bridgehead atoms. The molecule has 7 heteroatoms. The third-order valence-corrected chi connectivity index (χ3v) is 6.36. The lowest BCUT2D eigenvalue weighted by Crippen LogP contribution is -2.61. The van der Waals surface area contributed by atoms with Gasteiger partial charge in [0.1, 0.15) is 0 Å². The maximum Gasteiger partial charge on any atom is 0.335 e. The molecule has 4 fully saturated rings. The molecule has 0 aromatic heterocycles. The number of rotatable bonds is 4. The largest absolute Gasteiger partial charge is 0.503 e. The zero-order valence-electron chi connectivity index (χ0n) is 14.8. The minimum absolute atomic E-state index is 0.0422. The van der Waals surface area contributed by atoms with Gasteiger partial charge in [0.05, 0.1) is 18.3 Å². The zero-order valence-corrected chi connectivity index (χ0v) is 15.6. The lowest BCUT2D eigenvalue weighted by molar-refractivity contribution is -0.0135. The average Bonchev–Trinajstić information content (AvgIpc) is 2.56. The first-order valence-electron chi connectivity index (χ1n) is 9.14. The van der Waals surface area contributed by atoms with Crippen molar-refractivity contribution in [3.05, 3.63) is 22.7 Å². The van der Waals surface area contributed by atoms with Gasteiger partial charge >= 0.3 is 6.03 Å². The zero-order chi connectivity index (χ0) is 18.3. The number of phenols is 1. The summed E-state index contributed by atoms with van der Waals surface area (Å²) in [5, 5.41) is 17.1. The maximum atomic E-state index is 12.3. The van der Waals surface area contributed by atoms with E-state index in [1.165, 1.54) is 32.6 Å². The number of carbonyl (C=O) groups excluding carboxylic acids is 1. The summed E-state index contributed by atoms with van der Waals surface area (Å²) < 4.78 is 5.06. The molecule has 0 radical (unpaired) electrons. The predicted octanol–water partition coefficient (Wildman–Crippen LogP) is 3.66. The van der Waals surface area contributed by atoms with Crippen LogP contribution in [-0.2, 0) is 0 Å². The SMILES string of the molecule is COc1cc(C=NNC(=O)NC23CC4CC(CC(C4)C2)C3)cc(Cl)c1O. The van der Waals surface area contributed by atoms with Crippen LogP contribution >= 0.6 is 11.6 Å². The van der Waals surface area contributed by atoms with E-state index in [-0.39, 0.29) is 28.1 Å². The highest BCUT2D eigenvalue weighted by Crippen LogP contribution is 2.55. The molecule has 0 aliphatic heterocycles. The summed E-state index contributed by atoms with van der Waals surface area (Å²) in [6, 6.07) is 2.89. The third-order valence-electron chi connectivity index (χ3n) is 6.07. The van der Waals surface area contributed by atoms with Gasteiger partial charge in [-0.1, -0.05) is 11.6 Å². The molecule has 140 valence electrons. The van der Waals surface area contributed by atoms with Crippen molar-refractivity contribution in [2.24, 2.45) is 22.9 Å². The smallest absolute Gasteiger partial charge is 0.335 e. The Morgan fingerprint density at radius 3 is 2.46 bits per heavy atom. The summed E-state index contributed by atoms with van der Waals surface area (Å²) in [6.07, 6.45) is 8.79. The summed E-state index contributed by atoms with van der Waals surface area (Å²) in [4.78, 5) is 12.3. The number of hydrogen-bond donors (Lipinski definition) is 3. The Labute approximate surface area is 157 Å². The molecule has 4 saturated carbocycles. The number of nitrogens with one attached hydrogen (secondary N) is 2. The molecule has 0 heterocycles. The van der Waals surface area contributed by atoms with Crippen LogP contribution in [0.15, 0.2) is 17.2 Å². The number of hydrazone groups is 1. The fraction of sp³-hybridized carbons (Fsp3) is 0.579. The Bertz CT molecular complexity index is 715. The summed E-state index contributed by atoms with van der Waals surface area (Å²) >= 11 is 5.95. The monoisotopic (exact) mass is 377 g/mol. The Balaban J connectivity index is 1.37. The number of methoxy groups -OCH3 is 1. The van der Waals surface area contributed by atoms with Crippen LogP contribution in [0.3, 0.4) is 0 Å². The van der Waals surface area contributed by atoms with Crippen molar-refractivity contribution >= 4 is 23.8 Å². The highest BCUT2D eigenvalue weighted by atomic mass is 35.5. The Kier molecular flexibility index (Phi) is 4.47. The Morgan fingerprint density at radius 2 is 1.88 bits per heavy atom. The van der Waals surface area contributed by atoms with Gasteiger partial charge in [0, 0.05) is 5.54 Å². The number of hydrogen-bond acceptors (Lipinski definition) is 4. The second-order valence-corrected chi connectivity index (χ2v) is 8.48. The Morgan fingerprint density at radius 1 is 1.27 bits per heavy atom. The van der Waals surface area contributed by atoms with Gasteiger partial charge in [-0.3, -0.25) is 0 Å². The van der Waals surface area contributed by atoms with Crippen LogP contribution in [0.2, 0.25) is 5.02 Å². The van der Waals surface area contributed by atoms with Gasteiger partial charge in [-0.15, -0.1) is 0 Å². The number of urea groups is 1. The molecule has 4 aliphatic rings. The van der Waals surface area contributed by atoms with Crippen LogP contribution in [0, 0.1) is 17.8 Å². The molecule has 2 amide bonds. The highest BCUT2D eigenvalue weighted by molar-refractivity contribution is 6.32. The molecule has 1 aromatic rings. The summed E-state index contributed by atoms with van der Waals surface area (Å²) in [6.45, 7) is 0. The first-order chi connectivity index (χ1) is 12.5. The minimum atomic E-state index is -0.264. The van der Waals surface area contributed by atoms with E-state index in [0.29, 0.717) is 5.56 Å². The molecular formula is C19H24ClN3O3. The molecule has 1 aromatic carbocycles.